The molecule has 0 saturated heterocycles. The number of anilines is 1. The molecule has 0 aliphatic carbocycles. The highest BCUT2D eigenvalue weighted by Gasteiger charge is 2.26. The summed E-state index contributed by atoms with van der Waals surface area (Å²) < 4.78 is 16.1. The molecule has 0 aliphatic rings. The van der Waals surface area contributed by atoms with Gasteiger partial charge in [0.15, 0.2) is 0 Å². The van der Waals surface area contributed by atoms with E-state index in [0.717, 1.165) is 5.69 Å². The van der Waals surface area contributed by atoms with Crippen LogP contribution in [0.1, 0.15) is 26.5 Å². The van der Waals surface area contributed by atoms with E-state index >= 15 is 0 Å². The van der Waals surface area contributed by atoms with Crippen molar-refractivity contribution < 1.29 is 4.39 Å². The van der Waals surface area contributed by atoms with Crippen LogP contribution in [-0.4, -0.2) is 9.36 Å². The van der Waals surface area contributed by atoms with Crippen molar-refractivity contribution in [3.63, 3.8) is 0 Å². The largest absolute Gasteiger partial charge is 0.393 e. The van der Waals surface area contributed by atoms with Crippen LogP contribution in [0.15, 0.2) is 29.1 Å². The van der Waals surface area contributed by atoms with Gasteiger partial charge in [-0.1, -0.05) is 20.8 Å². The maximum absolute atomic E-state index is 13.0. The Kier molecular flexibility index (Phi) is 3.00. The minimum absolute atomic E-state index is 0.235. The maximum Gasteiger partial charge on any atom is 0.294 e. The molecule has 1 aromatic heterocycles. The van der Waals surface area contributed by atoms with E-state index in [9.17, 15) is 9.18 Å². The quantitative estimate of drug-likeness (QED) is 0.857. The zero-order chi connectivity index (χ0) is 14.4. The normalized spacial score (nSPS) is 11.8. The number of nitrogens with zero attached hydrogens (tertiary/aromatic N) is 2. The molecule has 102 valence electrons. The summed E-state index contributed by atoms with van der Waals surface area (Å²) in [6.45, 7) is 5.98. The number of aromatic nitrogens is 2. The average molecular weight is 263 g/mol. The molecule has 0 atom stereocenters. The standard InChI is InChI=1S/C14H18FN3O/c1-14(2,3)12-11(16)13(19)18(17(12)4)10-7-5-9(15)6-8-10/h5-8H,16H2,1-4H3. The first kappa shape index (κ1) is 13.4. The van der Waals surface area contributed by atoms with E-state index in [4.69, 9.17) is 5.73 Å². The molecule has 1 heterocycles. The lowest BCUT2D eigenvalue weighted by Crippen LogP contribution is -2.22. The van der Waals surface area contributed by atoms with Gasteiger partial charge in [-0.2, -0.15) is 0 Å². The Morgan fingerprint density at radius 2 is 1.68 bits per heavy atom. The molecule has 2 N–H and O–H groups in total. The Labute approximate surface area is 111 Å². The molecule has 0 unspecified atom stereocenters. The molecule has 0 radical (unpaired) electrons. The summed E-state index contributed by atoms with van der Waals surface area (Å²) in [5, 5.41) is 0. The lowest BCUT2D eigenvalue weighted by Gasteiger charge is -2.21. The average Bonchev–Trinajstić information content (AvgIpc) is 2.51. The van der Waals surface area contributed by atoms with Crippen LogP contribution in [0.25, 0.3) is 5.69 Å². The SMILES string of the molecule is Cn1c(C(C)(C)C)c(N)c(=O)n1-c1ccc(F)cc1. The second-order valence-corrected chi connectivity index (χ2v) is 5.63. The van der Waals surface area contributed by atoms with Crippen molar-refractivity contribution in [3.05, 3.63) is 46.1 Å². The van der Waals surface area contributed by atoms with Crippen molar-refractivity contribution in [3.8, 4) is 5.69 Å². The third-order valence-electron chi connectivity index (χ3n) is 3.08. The van der Waals surface area contributed by atoms with Crippen molar-refractivity contribution in [2.45, 2.75) is 26.2 Å². The van der Waals surface area contributed by atoms with Crippen LogP contribution in [0.5, 0.6) is 0 Å². The summed E-state index contributed by atoms with van der Waals surface area (Å²) in [5.74, 6) is -0.338. The Morgan fingerprint density at radius 1 is 1.16 bits per heavy atom. The highest BCUT2D eigenvalue weighted by molar-refractivity contribution is 5.48. The van der Waals surface area contributed by atoms with Gasteiger partial charge < -0.3 is 5.73 Å². The smallest absolute Gasteiger partial charge is 0.294 e. The monoisotopic (exact) mass is 263 g/mol. The fourth-order valence-corrected chi connectivity index (χ4v) is 2.39. The Morgan fingerprint density at radius 3 is 2.11 bits per heavy atom. The van der Waals surface area contributed by atoms with E-state index in [-0.39, 0.29) is 22.5 Å². The first-order valence-electron chi connectivity index (χ1n) is 6.07. The molecule has 2 aromatic rings. The van der Waals surface area contributed by atoms with E-state index in [0.29, 0.717) is 5.69 Å². The van der Waals surface area contributed by atoms with E-state index in [1.54, 1.807) is 23.9 Å². The summed E-state index contributed by atoms with van der Waals surface area (Å²) in [5.41, 5.74) is 7.00. The molecule has 0 bridgehead atoms. The molecular weight excluding hydrogens is 245 g/mol. The first-order valence-corrected chi connectivity index (χ1v) is 6.07. The molecule has 0 aliphatic heterocycles. The summed E-state index contributed by atoms with van der Waals surface area (Å²) >= 11 is 0. The summed E-state index contributed by atoms with van der Waals surface area (Å²) in [6, 6.07) is 5.76. The van der Waals surface area contributed by atoms with E-state index in [1.807, 2.05) is 20.8 Å². The minimum atomic E-state index is -0.338. The van der Waals surface area contributed by atoms with Gasteiger partial charge in [0.2, 0.25) is 0 Å². The number of rotatable bonds is 1. The zero-order valence-corrected chi connectivity index (χ0v) is 11.6. The molecule has 2 rings (SSSR count). The number of nitrogen functional groups attached to an aromatic ring is 1. The second kappa shape index (κ2) is 4.26. The fourth-order valence-electron chi connectivity index (χ4n) is 2.39. The molecule has 5 heteroatoms. The summed E-state index contributed by atoms with van der Waals surface area (Å²) in [6.07, 6.45) is 0. The Hall–Kier alpha value is -2.04. The molecular formula is C14H18FN3O. The van der Waals surface area contributed by atoms with Crippen LogP contribution in [0.4, 0.5) is 10.1 Å². The summed E-state index contributed by atoms with van der Waals surface area (Å²) in [4.78, 5) is 12.3. The number of halogens is 1. The molecule has 0 fully saturated rings. The lowest BCUT2D eigenvalue weighted by atomic mass is 9.91. The van der Waals surface area contributed by atoms with Gasteiger partial charge >= 0.3 is 0 Å². The van der Waals surface area contributed by atoms with Gasteiger partial charge in [-0.05, 0) is 24.3 Å². The molecule has 1 aromatic carbocycles. The van der Waals surface area contributed by atoms with Crippen molar-refractivity contribution in [2.24, 2.45) is 7.05 Å². The van der Waals surface area contributed by atoms with Crippen LogP contribution < -0.4 is 11.3 Å². The van der Waals surface area contributed by atoms with Gasteiger partial charge in [-0.3, -0.25) is 9.48 Å². The van der Waals surface area contributed by atoms with Crippen LogP contribution in [0.3, 0.4) is 0 Å². The Balaban J connectivity index is 2.73. The zero-order valence-electron chi connectivity index (χ0n) is 11.6. The molecule has 4 nitrogen and oxygen atoms in total. The maximum atomic E-state index is 13.0. The fraction of sp³-hybridized carbons (Fsp3) is 0.357. The highest BCUT2D eigenvalue weighted by atomic mass is 19.1. The van der Waals surface area contributed by atoms with Gasteiger partial charge in [-0.25, -0.2) is 9.07 Å². The van der Waals surface area contributed by atoms with Crippen LogP contribution >= 0.6 is 0 Å². The first-order chi connectivity index (χ1) is 8.73. The van der Waals surface area contributed by atoms with E-state index in [2.05, 4.69) is 0 Å². The highest BCUT2D eigenvalue weighted by Crippen LogP contribution is 2.26. The lowest BCUT2D eigenvalue weighted by molar-refractivity contribution is 0.501. The van der Waals surface area contributed by atoms with Gasteiger partial charge in [0.1, 0.15) is 11.5 Å². The van der Waals surface area contributed by atoms with Crippen molar-refractivity contribution in [1.29, 1.82) is 0 Å². The van der Waals surface area contributed by atoms with Gasteiger partial charge in [-0.15, -0.1) is 0 Å². The van der Waals surface area contributed by atoms with Gasteiger partial charge in [0, 0.05) is 12.5 Å². The Bertz CT molecular complexity index is 660. The predicted molar refractivity (Wildman–Crippen MR) is 74.1 cm³/mol. The third kappa shape index (κ3) is 2.16. The van der Waals surface area contributed by atoms with Crippen LogP contribution in [0, 0.1) is 5.82 Å². The van der Waals surface area contributed by atoms with E-state index < -0.39 is 0 Å². The van der Waals surface area contributed by atoms with Crippen molar-refractivity contribution in [2.75, 3.05) is 5.73 Å². The third-order valence-corrected chi connectivity index (χ3v) is 3.08. The van der Waals surface area contributed by atoms with E-state index in [1.165, 1.54) is 16.8 Å². The van der Waals surface area contributed by atoms with Crippen LogP contribution in [-0.2, 0) is 12.5 Å². The minimum Gasteiger partial charge on any atom is -0.393 e. The second-order valence-electron chi connectivity index (χ2n) is 5.63. The molecule has 19 heavy (non-hydrogen) atoms. The van der Waals surface area contributed by atoms with Gasteiger partial charge in [0.05, 0.1) is 11.4 Å². The number of hydrogen-bond acceptors (Lipinski definition) is 2. The van der Waals surface area contributed by atoms with Crippen molar-refractivity contribution in [1.82, 2.24) is 9.36 Å². The number of benzene rings is 1. The molecule has 0 amide bonds. The molecule has 0 spiro atoms. The van der Waals surface area contributed by atoms with Crippen LogP contribution in [0.2, 0.25) is 0 Å². The molecule has 0 saturated carbocycles. The number of nitrogens with two attached hydrogens (primary N) is 1. The number of hydrogen-bond donors (Lipinski definition) is 1. The predicted octanol–water partition coefficient (Wildman–Crippen LogP) is 2.19. The van der Waals surface area contributed by atoms with Crippen molar-refractivity contribution >= 4 is 5.69 Å². The van der Waals surface area contributed by atoms with Gasteiger partial charge in [0.25, 0.3) is 5.56 Å². The topological polar surface area (TPSA) is 52.9 Å². The summed E-state index contributed by atoms with van der Waals surface area (Å²) in [7, 11) is 1.78.